The number of hydrogen-bond donors (Lipinski definition) is 1. The number of nitrogens with zero attached hydrogens (tertiary/aromatic N) is 4. The minimum absolute atomic E-state index is 0.0841. The van der Waals surface area contributed by atoms with Crippen LogP contribution in [0.4, 0.5) is 11.4 Å². The highest BCUT2D eigenvalue weighted by molar-refractivity contribution is 7.07. The molecule has 3 heterocycles. The number of anilines is 2. The highest BCUT2D eigenvalue weighted by Crippen LogP contribution is 2.26. The molecular weight excluding hydrogens is 406 g/mol. The molecule has 6 nitrogen and oxygen atoms in total. The standard InChI is InChI=1S/C24H25N5OS/c1-17-10-12-28(13-11-17)19-8-6-18(7-9-19)26-23(30)14-29-22-5-3-2-4-20(22)27-24(29)21-15-31-16-25-21/h2-9,15-17H,10-14H2,1H3,(H,26,30). The Morgan fingerprint density at radius 1 is 1.13 bits per heavy atom. The van der Waals surface area contributed by atoms with Gasteiger partial charge in [0.2, 0.25) is 5.91 Å². The van der Waals surface area contributed by atoms with E-state index >= 15 is 0 Å². The molecule has 0 atom stereocenters. The maximum atomic E-state index is 12.9. The Morgan fingerprint density at radius 3 is 2.65 bits per heavy atom. The van der Waals surface area contributed by atoms with E-state index in [2.05, 4.69) is 34.3 Å². The van der Waals surface area contributed by atoms with Crippen molar-refractivity contribution in [3.63, 3.8) is 0 Å². The summed E-state index contributed by atoms with van der Waals surface area (Å²) in [4.78, 5) is 24.4. The molecule has 2 aromatic carbocycles. The monoisotopic (exact) mass is 431 g/mol. The van der Waals surface area contributed by atoms with Crippen LogP contribution in [0.3, 0.4) is 0 Å². The van der Waals surface area contributed by atoms with Crippen molar-refractivity contribution >= 4 is 39.7 Å². The van der Waals surface area contributed by atoms with E-state index in [4.69, 9.17) is 4.98 Å². The number of rotatable bonds is 5. The second-order valence-electron chi connectivity index (χ2n) is 8.15. The SMILES string of the molecule is CC1CCN(c2ccc(NC(=O)Cn3c(-c4cscn4)nc4ccccc43)cc2)CC1. The van der Waals surface area contributed by atoms with Crippen LogP contribution >= 0.6 is 11.3 Å². The first-order valence-corrected chi connectivity index (χ1v) is 11.6. The predicted molar refractivity (Wildman–Crippen MR) is 127 cm³/mol. The van der Waals surface area contributed by atoms with Crippen LogP contribution in [0.1, 0.15) is 19.8 Å². The summed E-state index contributed by atoms with van der Waals surface area (Å²) >= 11 is 1.52. The minimum atomic E-state index is -0.0841. The van der Waals surface area contributed by atoms with Gasteiger partial charge < -0.3 is 14.8 Å². The van der Waals surface area contributed by atoms with Crippen molar-refractivity contribution in [2.45, 2.75) is 26.3 Å². The molecule has 4 aromatic rings. The Kier molecular flexibility index (Phi) is 5.42. The Hall–Kier alpha value is -3.19. The summed E-state index contributed by atoms with van der Waals surface area (Å²) in [5.74, 6) is 1.44. The topological polar surface area (TPSA) is 63.1 Å². The number of imidazole rings is 1. The second-order valence-corrected chi connectivity index (χ2v) is 8.87. The van der Waals surface area contributed by atoms with Gasteiger partial charge in [-0.3, -0.25) is 4.79 Å². The molecule has 0 radical (unpaired) electrons. The van der Waals surface area contributed by atoms with Crippen LogP contribution in [-0.2, 0) is 11.3 Å². The Balaban J connectivity index is 1.32. The predicted octanol–water partition coefficient (Wildman–Crippen LogP) is 5.03. The number of aromatic nitrogens is 3. The van der Waals surface area contributed by atoms with E-state index in [0.717, 1.165) is 41.4 Å². The lowest BCUT2D eigenvalue weighted by Gasteiger charge is -2.32. The van der Waals surface area contributed by atoms with Gasteiger partial charge in [0.25, 0.3) is 0 Å². The number of fused-ring (bicyclic) bond motifs is 1. The molecular formula is C24H25N5OS. The first-order valence-electron chi connectivity index (χ1n) is 10.7. The quantitative estimate of drug-likeness (QED) is 0.481. The van der Waals surface area contributed by atoms with Gasteiger partial charge in [-0.05, 0) is 55.2 Å². The van der Waals surface area contributed by atoms with Crippen LogP contribution < -0.4 is 10.2 Å². The molecule has 0 saturated carbocycles. The van der Waals surface area contributed by atoms with E-state index in [1.165, 1.54) is 29.9 Å². The van der Waals surface area contributed by atoms with Crippen molar-refractivity contribution < 1.29 is 4.79 Å². The first kappa shape index (κ1) is 19.8. The molecule has 0 aliphatic carbocycles. The maximum absolute atomic E-state index is 12.9. The Bertz CT molecular complexity index is 1170. The highest BCUT2D eigenvalue weighted by Gasteiger charge is 2.18. The minimum Gasteiger partial charge on any atom is -0.372 e. The Labute approximate surface area is 185 Å². The Morgan fingerprint density at radius 2 is 1.90 bits per heavy atom. The zero-order valence-electron chi connectivity index (χ0n) is 17.5. The van der Waals surface area contributed by atoms with Crippen molar-refractivity contribution in [2.24, 2.45) is 5.92 Å². The largest absolute Gasteiger partial charge is 0.372 e. The number of thiazole rings is 1. The number of piperidine rings is 1. The average Bonchev–Trinajstić information content (AvgIpc) is 3.43. The lowest BCUT2D eigenvalue weighted by atomic mass is 9.99. The molecule has 5 rings (SSSR count). The van der Waals surface area contributed by atoms with Crippen LogP contribution in [-0.4, -0.2) is 33.5 Å². The molecule has 158 valence electrons. The third kappa shape index (κ3) is 4.18. The van der Waals surface area contributed by atoms with Crippen LogP contribution in [0.2, 0.25) is 0 Å². The van der Waals surface area contributed by atoms with Gasteiger partial charge in [-0.15, -0.1) is 11.3 Å². The molecule has 0 bridgehead atoms. The summed E-state index contributed by atoms with van der Waals surface area (Å²) in [6.07, 6.45) is 2.47. The lowest BCUT2D eigenvalue weighted by molar-refractivity contribution is -0.116. The first-order chi connectivity index (χ1) is 15.2. The number of benzene rings is 2. The second kappa shape index (κ2) is 8.51. The van der Waals surface area contributed by atoms with E-state index in [9.17, 15) is 4.79 Å². The summed E-state index contributed by atoms with van der Waals surface area (Å²) in [6.45, 7) is 4.69. The summed E-state index contributed by atoms with van der Waals surface area (Å²) in [5.41, 5.74) is 6.38. The van der Waals surface area contributed by atoms with Crippen LogP contribution in [0, 0.1) is 5.92 Å². The van der Waals surface area contributed by atoms with Gasteiger partial charge in [0.05, 0.1) is 16.5 Å². The van der Waals surface area contributed by atoms with E-state index in [1.54, 1.807) is 5.51 Å². The summed E-state index contributed by atoms with van der Waals surface area (Å²) < 4.78 is 1.93. The zero-order valence-corrected chi connectivity index (χ0v) is 18.3. The molecule has 1 aliphatic rings. The van der Waals surface area contributed by atoms with Crippen molar-refractivity contribution in [1.29, 1.82) is 0 Å². The van der Waals surface area contributed by atoms with Crippen molar-refractivity contribution in [2.75, 3.05) is 23.3 Å². The fourth-order valence-electron chi connectivity index (χ4n) is 4.12. The molecule has 1 aliphatic heterocycles. The zero-order chi connectivity index (χ0) is 21.2. The molecule has 0 unspecified atom stereocenters. The van der Waals surface area contributed by atoms with Crippen molar-refractivity contribution in [1.82, 2.24) is 14.5 Å². The van der Waals surface area contributed by atoms with E-state index in [0.29, 0.717) is 5.82 Å². The van der Waals surface area contributed by atoms with E-state index in [-0.39, 0.29) is 12.5 Å². The van der Waals surface area contributed by atoms with Crippen LogP contribution in [0.5, 0.6) is 0 Å². The van der Waals surface area contributed by atoms with Crippen molar-refractivity contribution in [3.05, 3.63) is 59.4 Å². The maximum Gasteiger partial charge on any atom is 0.244 e. The number of hydrogen-bond acceptors (Lipinski definition) is 5. The molecule has 31 heavy (non-hydrogen) atoms. The smallest absolute Gasteiger partial charge is 0.244 e. The number of carbonyl (C=O) groups excluding carboxylic acids is 1. The van der Waals surface area contributed by atoms with Gasteiger partial charge in [-0.1, -0.05) is 19.1 Å². The molecule has 1 N–H and O–H groups in total. The number of para-hydroxylation sites is 2. The summed E-state index contributed by atoms with van der Waals surface area (Å²) in [7, 11) is 0. The molecule has 7 heteroatoms. The third-order valence-electron chi connectivity index (χ3n) is 5.92. The van der Waals surface area contributed by atoms with Gasteiger partial charge in [-0.2, -0.15) is 0 Å². The van der Waals surface area contributed by atoms with Gasteiger partial charge in [-0.25, -0.2) is 9.97 Å². The fourth-order valence-corrected chi connectivity index (χ4v) is 4.65. The molecule has 0 spiro atoms. The molecule has 1 saturated heterocycles. The van der Waals surface area contributed by atoms with Crippen LogP contribution in [0.15, 0.2) is 59.4 Å². The lowest BCUT2D eigenvalue weighted by Crippen LogP contribution is -2.32. The van der Waals surface area contributed by atoms with E-state index in [1.807, 2.05) is 46.3 Å². The molecule has 1 fully saturated rings. The third-order valence-corrected chi connectivity index (χ3v) is 6.50. The van der Waals surface area contributed by atoms with E-state index < -0.39 is 0 Å². The van der Waals surface area contributed by atoms with Crippen LogP contribution in [0.25, 0.3) is 22.6 Å². The summed E-state index contributed by atoms with van der Waals surface area (Å²) in [6, 6.07) is 16.0. The van der Waals surface area contributed by atoms with Gasteiger partial charge in [0.1, 0.15) is 12.2 Å². The fraction of sp³-hybridized carbons (Fsp3) is 0.292. The van der Waals surface area contributed by atoms with Gasteiger partial charge >= 0.3 is 0 Å². The normalized spacial score (nSPS) is 14.8. The highest BCUT2D eigenvalue weighted by atomic mass is 32.1. The summed E-state index contributed by atoms with van der Waals surface area (Å²) in [5, 5.41) is 4.98. The number of carbonyl (C=O) groups is 1. The van der Waals surface area contributed by atoms with Gasteiger partial charge in [0.15, 0.2) is 5.82 Å². The van der Waals surface area contributed by atoms with Crippen molar-refractivity contribution in [3.8, 4) is 11.5 Å². The molecule has 1 amide bonds. The van der Waals surface area contributed by atoms with Gasteiger partial charge in [0, 0.05) is 29.8 Å². The average molecular weight is 432 g/mol. The number of amides is 1. The molecule has 2 aromatic heterocycles. The number of nitrogens with one attached hydrogen (secondary N) is 1.